The number of amidine groups is 1. The largest absolute Gasteiger partial charge is 0.465 e. The standard InChI is InChI=1S/C27H28ClN7O2/c1-16-4-6-17(7-5-16)14-35-15-20(9-18-3-2-8-30-11-18)23-24(35)22(19-10-21(28)13-31-12-19)32-26(33-23)25(29)34-27(36)37/h2-3,8,10-13,15-17H,4-7,9,14H2,1H3,(H2,29,34)(H,36,37)/t16-,17-. The van der Waals surface area contributed by atoms with Crippen LogP contribution in [0.1, 0.15) is 49.6 Å². The van der Waals surface area contributed by atoms with E-state index < -0.39 is 11.9 Å². The van der Waals surface area contributed by atoms with E-state index in [2.05, 4.69) is 38.0 Å². The van der Waals surface area contributed by atoms with Gasteiger partial charge in [0, 0.05) is 55.1 Å². The number of halogens is 1. The first-order valence-electron chi connectivity index (χ1n) is 12.4. The fourth-order valence-corrected chi connectivity index (χ4v) is 5.24. The Morgan fingerprint density at radius 3 is 2.70 bits per heavy atom. The highest BCUT2D eigenvalue weighted by atomic mass is 35.5. The maximum absolute atomic E-state index is 11.3. The van der Waals surface area contributed by atoms with E-state index in [1.807, 2.05) is 18.3 Å². The molecule has 1 saturated carbocycles. The van der Waals surface area contributed by atoms with E-state index in [9.17, 15) is 9.90 Å². The summed E-state index contributed by atoms with van der Waals surface area (Å²) in [6, 6.07) is 5.68. The number of carbonyl (C=O) groups is 1. The maximum Gasteiger partial charge on any atom is 0.410 e. The van der Waals surface area contributed by atoms with Gasteiger partial charge in [0.15, 0.2) is 11.7 Å². The normalized spacial score (nSPS) is 17.6. The summed E-state index contributed by atoms with van der Waals surface area (Å²) in [5.41, 5.74) is 4.72. The fourth-order valence-electron chi connectivity index (χ4n) is 5.07. The Balaban J connectivity index is 1.70. The van der Waals surface area contributed by atoms with Crippen LogP contribution in [0.5, 0.6) is 0 Å². The lowest BCUT2D eigenvalue weighted by Crippen LogP contribution is -2.30. The molecular weight excluding hydrogens is 490 g/mol. The van der Waals surface area contributed by atoms with E-state index in [0.717, 1.165) is 29.1 Å². The highest BCUT2D eigenvalue weighted by Gasteiger charge is 2.24. The lowest BCUT2D eigenvalue weighted by Gasteiger charge is -2.26. The molecule has 0 atom stereocenters. The molecule has 0 aliphatic heterocycles. The highest BCUT2D eigenvalue weighted by molar-refractivity contribution is 6.30. The SMILES string of the molecule is C[C@H]1CC[C@H](Cn2cc(Cc3cccnc3)c3nc(C(=N)NC(=O)O)nc(-c4cncc(Cl)c4)c32)CC1. The van der Waals surface area contributed by atoms with Crippen LogP contribution in [0.2, 0.25) is 5.02 Å². The summed E-state index contributed by atoms with van der Waals surface area (Å²) in [6.07, 6.45) is 12.9. The topological polar surface area (TPSA) is 130 Å². The summed E-state index contributed by atoms with van der Waals surface area (Å²) in [5.74, 6) is 0.883. The molecule has 0 spiro atoms. The first-order chi connectivity index (χ1) is 17.9. The van der Waals surface area contributed by atoms with Crippen molar-refractivity contribution in [1.29, 1.82) is 5.41 Å². The molecule has 37 heavy (non-hydrogen) atoms. The predicted octanol–water partition coefficient (Wildman–Crippen LogP) is 5.55. The van der Waals surface area contributed by atoms with Crippen molar-refractivity contribution >= 4 is 34.6 Å². The second-order valence-electron chi connectivity index (χ2n) is 9.76. The van der Waals surface area contributed by atoms with Crippen molar-refractivity contribution in [1.82, 2.24) is 29.8 Å². The number of hydrogen-bond donors (Lipinski definition) is 3. The molecular formula is C27H28ClN7O2. The summed E-state index contributed by atoms with van der Waals surface area (Å²) in [4.78, 5) is 29.1. The van der Waals surface area contributed by atoms with Gasteiger partial charge in [0.1, 0.15) is 5.69 Å². The summed E-state index contributed by atoms with van der Waals surface area (Å²) < 4.78 is 2.22. The number of rotatable bonds is 6. The maximum atomic E-state index is 11.3. The number of fused-ring (bicyclic) bond motifs is 1. The van der Waals surface area contributed by atoms with E-state index in [4.69, 9.17) is 22.0 Å². The molecule has 1 amide bonds. The quantitative estimate of drug-likeness (QED) is 0.227. The second-order valence-corrected chi connectivity index (χ2v) is 10.2. The highest BCUT2D eigenvalue weighted by Crippen LogP contribution is 2.35. The van der Waals surface area contributed by atoms with E-state index in [-0.39, 0.29) is 5.82 Å². The van der Waals surface area contributed by atoms with Crippen molar-refractivity contribution in [2.45, 2.75) is 45.6 Å². The van der Waals surface area contributed by atoms with E-state index >= 15 is 0 Å². The van der Waals surface area contributed by atoms with Crippen LogP contribution in [0, 0.1) is 17.2 Å². The Morgan fingerprint density at radius 1 is 1.19 bits per heavy atom. The molecule has 1 aliphatic rings. The number of carboxylic acid groups (broad SMARTS) is 1. The number of nitrogens with one attached hydrogen (secondary N) is 2. The molecule has 10 heteroatoms. The molecule has 0 radical (unpaired) electrons. The number of aromatic nitrogens is 5. The third-order valence-electron chi connectivity index (χ3n) is 6.93. The first-order valence-corrected chi connectivity index (χ1v) is 12.7. The van der Waals surface area contributed by atoms with Gasteiger partial charge in [-0.3, -0.25) is 20.7 Å². The summed E-state index contributed by atoms with van der Waals surface area (Å²) >= 11 is 6.29. The van der Waals surface area contributed by atoms with Crippen molar-refractivity contribution in [3.8, 4) is 11.3 Å². The average molecular weight is 518 g/mol. The Kier molecular flexibility index (Phi) is 7.14. The molecule has 190 valence electrons. The summed E-state index contributed by atoms with van der Waals surface area (Å²) in [7, 11) is 0. The third kappa shape index (κ3) is 5.61. The minimum absolute atomic E-state index is 0.0125. The van der Waals surface area contributed by atoms with Crippen molar-refractivity contribution in [2.75, 3.05) is 0 Å². The van der Waals surface area contributed by atoms with Gasteiger partial charge in [0.25, 0.3) is 0 Å². The number of amides is 1. The number of nitrogens with zero attached hydrogens (tertiary/aromatic N) is 5. The second kappa shape index (κ2) is 10.6. The molecule has 4 heterocycles. The lowest BCUT2D eigenvalue weighted by molar-refractivity contribution is 0.200. The Labute approximate surface area is 219 Å². The van der Waals surface area contributed by atoms with Gasteiger partial charge in [-0.1, -0.05) is 37.4 Å². The van der Waals surface area contributed by atoms with Gasteiger partial charge in [-0.05, 0) is 42.4 Å². The predicted molar refractivity (Wildman–Crippen MR) is 142 cm³/mol. The zero-order valence-corrected chi connectivity index (χ0v) is 21.2. The zero-order valence-electron chi connectivity index (χ0n) is 20.5. The molecule has 3 N–H and O–H groups in total. The lowest BCUT2D eigenvalue weighted by atomic mass is 9.83. The van der Waals surface area contributed by atoms with E-state index in [1.165, 1.54) is 25.7 Å². The monoisotopic (exact) mass is 517 g/mol. The van der Waals surface area contributed by atoms with Crippen molar-refractivity contribution in [2.24, 2.45) is 11.8 Å². The zero-order chi connectivity index (χ0) is 25.9. The van der Waals surface area contributed by atoms with Crippen LogP contribution in [-0.2, 0) is 13.0 Å². The van der Waals surface area contributed by atoms with Gasteiger partial charge < -0.3 is 9.67 Å². The van der Waals surface area contributed by atoms with Gasteiger partial charge in [0.05, 0.1) is 16.1 Å². The minimum atomic E-state index is -1.35. The van der Waals surface area contributed by atoms with Gasteiger partial charge in [-0.15, -0.1) is 0 Å². The Hall–Kier alpha value is -3.85. The Bertz CT molecular complexity index is 1450. The first kappa shape index (κ1) is 24.8. The fraction of sp³-hybridized carbons (Fsp3) is 0.333. The van der Waals surface area contributed by atoms with Crippen LogP contribution < -0.4 is 5.32 Å². The third-order valence-corrected chi connectivity index (χ3v) is 7.14. The van der Waals surface area contributed by atoms with Crippen molar-refractivity contribution in [3.63, 3.8) is 0 Å². The van der Waals surface area contributed by atoms with Gasteiger partial charge >= 0.3 is 6.09 Å². The molecule has 0 unspecified atom stereocenters. The van der Waals surface area contributed by atoms with Crippen molar-refractivity contribution in [3.05, 3.63) is 71.2 Å². The molecule has 4 aromatic rings. The van der Waals surface area contributed by atoms with Crippen LogP contribution in [0.15, 0.2) is 49.2 Å². The van der Waals surface area contributed by atoms with Crippen LogP contribution in [0.4, 0.5) is 4.79 Å². The van der Waals surface area contributed by atoms with E-state index in [0.29, 0.717) is 34.1 Å². The van der Waals surface area contributed by atoms with Gasteiger partial charge in [0.2, 0.25) is 0 Å². The number of hydrogen-bond acceptors (Lipinski definition) is 6. The minimum Gasteiger partial charge on any atom is -0.465 e. The molecule has 4 aromatic heterocycles. The molecule has 0 saturated heterocycles. The summed E-state index contributed by atoms with van der Waals surface area (Å²) in [5, 5.41) is 20.0. The van der Waals surface area contributed by atoms with E-state index in [1.54, 1.807) is 24.7 Å². The number of pyridine rings is 2. The van der Waals surface area contributed by atoms with Crippen LogP contribution in [0.3, 0.4) is 0 Å². The van der Waals surface area contributed by atoms with Crippen molar-refractivity contribution < 1.29 is 9.90 Å². The molecule has 5 rings (SSSR count). The molecule has 0 bridgehead atoms. The smallest absolute Gasteiger partial charge is 0.410 e. The average Bonchev–Trinajstić information content (AvgIpc) is 3.22. The summed E-state index contributed by atoms with van der Waals surface area (Å²) in [6.45, 7) is 3.14. The van der Waals surface area contributed by atoms with Gasteiger partial charge in [-0.2, -0.15) is 0 Å². The molecule has 9 nitrogen and oxygen atoms in total. The molecule has 0 aromatic carbocycles. The van der Waals surface area contributed by atoms with Crippen LogP contribution in [-0.4, -0.2) is 41.5 Å². The van der Waals surface area contributed by atoms with Crippen LogP contribution in [0.25, 0.3) is 22.3 Å². The molecule has 1 aliphatic carbocycles. The Morgan fingerprint density at radius 2 is 2.00 bits per heavy atom. The van der Waals surface area contributed by atoms with Gasteiger partial charge in [-0.25, -0.2) is 14.8 Å². The molecule has 1 fully saturated rings. The van der Waals surface area contributed by atoms with Crippen LogP contribution >= 0.6 is 11.6 Å².